The summed E-state index contributed by atoms with van der Waals surface area (Å²) in [5, 5.41) is 8.29. The van der Waals surface area contributed by atoms with E-state index in [4.69, 9.17) is 13.3 Å². The number of rotatable bonds is 3. The third-order valence-corrected chi connectivity index (χ3v) is 0.495. The molecule has 52 valence electrons. The fourth-order valence-corrected chi connectivity index (χ4v) is 0.224. The normalized spacial score (nSPS) is 29.0. The Labute approximate surface area is 62.1 Å². The van der Waals surface area contributed by atoms with E-state index in [1.807, 2.05) is 0 Å². The summed E-state index contributed by atoms with van der Waals surface area (Å²) in [6, 6.07) is 0. The second-order valence-corrected chi connectivity index (χ2v) is 1.38. The third kappa shape index (κ3) is 3.70. The Bertz CT molecular complexity index is 292. The monoisotopic (exact) mass is 137 g/mol. The molecule has 0 aromatic heterocycles. The van der Waals surface area contributed by atoms with E-state index in [9.17, 15) is 9.59 Å². The standard InChI is InChI=1S/C6H10O3/c1-4(2)3-5(7)6(8)9/h4H,3H2,1-2H3,(H,8,9)/i1D3,2+1,3D2,4D. The van der Waals surface area contributed by atoms with Crippen molar-refractivity contribution in [2.24, 2.45) is 5.89 Å². The summed E-state index contributed by atoms with van der Waals surface area (Å²) in [5.74, 6) is -6.84. The molecule has 1 atom stereocenters. The lowest BCUT2D eigenvalue weighted by molar-refractivity contribution is -0.149. The Hall–Kier alpha value is -0.860. The van der Waals surface area contributed by atoms with Crippen molar-refractivity contribution in [3.63, 3.8) is 0 Å². The van der Waals surface area contributed by atoms with Gasteiger partial charge in [0.1, 0.15) is 0 Å². The van der Waals surface area contributed by atoms with Crippen LogP contribution in [-0.2, 0) is 9.59 Å². The maximum absolute atomic E-state index is 10.9. The molecule has 0 bridgehead atoms. The maximum atomic E-state index is 10.9. The molecule has 0 aromatic carbocycles. The first-order valence-corrected chi connectivity index (χ1v) is 2.13. The van der Waals surface area contributed by atoms with Gasteiger partial charge in [0.15, 0.2) is 0 Å². The van der Waals surface area contributed by atoms with Crippen molar-refractivity contribution in [1.82, 2.24) is 0 Å². The van der Waals surface area contributed by atoms with Crippen molar-refractivity contribution in [3.05, 3.63) is 0 Å². The van der Waals surface area contributed by atoms with Gasteiger partial charge in [0, 0.05) is 14.6 Å². The second kappa shape index (κ2) is 3.22. The molecule has 3 nitrogen and oxygen atoms in total. The van der Waals surface area contributed by atoms with Crippen LogP contribution in [0.5, 0.6) is 0 Å². The van der Waals surface area contributed by atoms with Crippen LogP contribution in [0.15, 0.2) is 0 Å². The summed E-state index contributed by atoms with van der Waals surface area (Å²) < 4.78 is 42.2. The fourth-order valence-electron chi connectivity index (χ4n) is 0.224. The van der Waals surface area contributed by atoms with E-state index in [1.165, 1.54) is 0 Å². The van der Waals surface area contributed by atoms with Gasteiger partial charge >= 0.3 is 5.97 Å². The fraction of sp³-hybridized carbons (Fsp3) is 0.667. The largest absolute Gasteiger partial charge is 0.476 e. The van der Waals surface area contributed by atoms with Gasteiger partial charge in [-0.15, -0.1) is 0 Å². The van der Waals surface area contributed by atoms with Crippen LogP contribution in [0.4, 0.5) is 0 Å². The number of carbonyl (C=O) groups is 2. The first kappa shape index (κ1) is 2.40. The van der Waals surface area contributed by atoms with E-state index in [0.29, 0.717) is 6.92 Å². The summed E-state index contributed by atoms with van der Waals surface area (Å²) in [5.41, 5.74) is 0. The topological polar surface area (TPSA) is 54.4 Å². The quantitative estimate of drug-likeness (QED) is 0.460. The van der Waals surface area contributed by atoms with E-state index < -0.39 is 30.9 Å². The number of Topliss-reactive ketones (excluding diaryl/α,β-unsaturated/α-hetero) is 1. The molecule has 0 aromatic rings. The highest BCUT2D eigenvalue weighted by molar-refractivity contribution is 6.32. The van der Waals surface area contributed by atoms with Gasteiger partial charge in [0.2, 0.25) is 5.78 Å². The molecular formula is C6H10O3. The maximum Gasteiger partial charge on any atom is 0.372 e. The lowest BCUT2D eigenvalue weighted by atomic mass is 10.1. The van der Waals surface area contributed by atoms with E-state index in [0.717, 1.165) is 0 Å². The Morgan fingerprint density at radius 2 is 2.56 bits per heavy atom. The molecule has 0 saturated heterocycles. The Morgan fingerprint density at radius 1 is 2.00 bits per heavy atom. The zero-order valence-electron chi connectivity index (χ0n) is 10.8. The van der Waals surface area contributed by atoms with Gasteiger partial charge in [-0.1, -0.05) is 13.8 Å². The van der Waals surface area contributed by atoms with E-state index in [-0.39, 0.29) is 0 Å². The van der Waals surface area contributed by atoms with Gasteiger partial charge in [-0.2, -0.15) is 0 Å². The number of hydrogen-bond acceptors (Lipinski definition) is 2. The molecule has 0 radical (unpaired) electrons. The highest BCUT2D eigenvalue weighted by Crippen LogP contribution is 1.99. The minimum absolute atomic E-state index is 0.668. The molecular weight excluding hydrogens is 121 g/mol. The van der Waals surface area contributed by atoms with Crippen molar-refractivity contribution in [2.45, 2.75) is 20.1 Å². The Balaban J connectivity index is 5.38. The highest BCUT2D eigenvalue weighted by Gasteiger charge is 2.11. The van der Waals surface area contributed by atoms with Crippen molar-refractivity contribution in [1.29, 1.82) is 0 Å². The molecule has 0 amide bonds. The average molecular weight is 137 g/mol. The van der Waals surface area contributed by atoms with Crippen molar-refractivity contribution >= 4 is 11.8 Å². The molecule has 0 aliphatic carbocycles. The molecule has 1 N–H and O–H groups in total. The SMILES string of the molecule is [2H]C([2H])([2H])C([2H])([13CH3])C([2H])([2H])C(=O)C(=O)O. The molecule has 0 saturated carbocycles. The summed E-state index contributed by atoms with van der Waals surface area (Å²) in [6.07, 6.45) is -3.27. The number of ketones is 1. The molecule has 0 fully saturated rings. The molecule has 3 heteroatoms. The lowest BCUT2D eigenvalue weighted by Crippen LogP contribution is -2.14. The highest BCUT2D eigenvalue weighted by atomic mass is 16.4. The van der Waals surface area contributed by atoms with Gasteiger partial charge in [-0.05, 0) is 5.89 Å². The molecule has 0 rings (SSSR count). The predicted octanol–water partition coefficient (Wildman–Crippen LogP) is 0.686. The van der Waals surface area contributed by atoms with Crippen molar-refractivity contribution < 1.29 is 22.9 Å². The number of hydrogen-bond donors (Lipinski definition) is 1. The zero-order chi connectivity index (χ0) is 12.7. The van der Waals surface area contributed by atoms with Crippen LogP contribution >= 0.6 is 0 Å². The first-order chi connectivity index (χ1) is 6.35. The predicted molar refractivity (Wildman–Crippen MR) is 32.1 cm³/mol. The Kier molecular flexibility index (Phi) is 0.860. The molecule has 9 heavy (non-hydrogen) atoms. The van der Waals surface area contributed by atoms with E-state index >= 15 is 0 Å². The van der Waals surface area contributed by atoms with Gasteiger partial charge in [-0.3, -0.25) is 4.79 Å². The summed E-state index contributed by atoms with van der Waals surface area (Å²) >= 11 is 0. The van der Waals surface area contributed by atoms with Crippen LogP contribution < -0.4 is 0 Å². The van der Waals surface area contributed by atoms with Crippen molar-refractivity contribution in [3.8, 4) is 0 Å². The van der Waals surface area contributed by atoms with E-state index in [1.54, 1.807) is 0 Å². The van der Waals surface area contributed by atoms with Gasteiger partial charge in [0.05, 0.1) is 0 Å². The van der Waals surface area contributed by atoms with Crippen LogP contribution in [0.2, 0.25) is 0 Å². The van der Waals surface area contributed by atoms with Gasteiger partial charge < -0.3 is 5.11 Å². The van der Waals surface area contributed by atoms with Crippen molar-refractivity contribution in [2.75, 3.05) is 0 Å². The van der Waals surface area contributed by atoms with E-state index in [2.05, 4.69) is 0 Å². The Morgan fingerprint density at radius 3 is 2.89 bits per heavy atom. The average Bonchev–Trinajstić information content (AvgIpc) is 2.00. The molecule has 0 spiro atoms. The number of carboxylic acid groups (broad SMARTS) is 1. The lowest BCUT2D eigenvalue weighted by Gasteiger charge is -1.97. The molecule has 0 aliphatic rings. The van der Waals surface area contributed by atoms with Crippen LogP contribution in [0, 0.1) is 5.89 Å². The number of carbonyl (C=O) groups excluding carboxylic acids is 1. The third-order valence-electron chi connectivity index (χ3n) is 0.495. The summed E-state index contributed by atoms with van der Waals surface area (Å²) in [4.78, 5) is 21.2. The number of carboxylic acids is 1. The molecule has 0 aliphatic heterocycles. The smallest absolute Gasteiger partial charge is 0.372 e. The van der Waals surface area contributed by atoms with Gasteiger partial charge in [0.25, 0.3) is 0 Å². The summed E-state index contributed by atoms with van der Waals surface area (Å²) in [7, 11) is 0. The van der Waals surface area contributed by atoms with Crippen LogP contribution in [0.25, 0.3) is 0 Å². The molecule has 1 unspecified atom stereocenters. The first-order valence-electron chi connectivity index (χ1n) is 5.13. The number of aliphatic carboxylic acids is 1. The molecule has 0 heterocycles. The zero-order valence-corrected chi connectivity index (χ0v) is 4.76. The van der Waals surface area contributed by atoms with Crippen LogP contribution in [0.1, 0.15) is 28.4 Å². The summed E-state index contributed by atoms with van der Waals surface area (Å²) in [6.45, 7) is -2.43. The van der Waals surface area contributed by atoms with Crippen LogP contribution in [0.3, 0.4) is 0 Å². The van der Waals surface area contributed by atoms with Crippen LogP contribution in [-0.4, -0.2) is 16.9 Å². The van der Waals surface area contributed by atoms with Gasteiger partial charge in [-0.25, -0.2) is 4.79 Å². The second-order valence-electron chi connectivity index (χ2n) is 1.38. The minimum atomic E-state index is -3.27. The minimum Gasteiger partial charge on any atom is -0.476 e.